The molecular weight excluding hydrogens is 78.0 g/mol. The normalized spacial score (nSPS) is 14.5. The molecule has 0 aliphatic heterocycles. The molecule has 0 fully saturated rings. The standard InChI is InChI=1S/C4H11NO/c1-4(6)2-3-5/h4,6H,2-3,5H2,1H3/p+1/t4-/m1/s1. The second kappa shape index (κ2) is 3.12. The maximum Gasteiger partial charge on any atom is 0.0764 e. The van der Waals surface area contributed by atoms with Crippen molar-refractivity contribution in [3.63, 3.8) is 0 Å². The third-order valence-corrected chi connectivity index (χ3v) is 0.622. The third-order valence-electron chi connectivity index (χ3n) is 0.622. The van der Waals surface area contributed by atoms with Gasteiger partial charge in [-0.25, -0.2) is 0 Å². The molecule has 4 N–H and O–H groups in total. The number of aliphatic hydroxyl groups is 1. The Hall–Kier alpha value is -0.0800. The van der Waals surface area contributed by atoms with E-state index in [0.29, 0.717) is 0 Å². The molecule has 2 nitrogen and oxygen atoms in total. The summed E-state index contributed by atoms with van der Waals surface area (Å²) in [5.74, 6) is 0. The molecule has 0 unspecified atom stereocenters. The van der Waals surface area contributed by atoms with E-state index in [2.05, 4.69) is 5.73 Å². The molecule has 2 heteroatoms. The number of quaternary nitrogens is 1. The molecule has 0 heterocycles. The molecule has 0 rings (SSSR count). The van der Waals surface area contributed by atoms with E-state index in [1.165, 1.54) is 0 Å². The van der Waals surface area contributed by atoms with Crippen molar-refractivity contribution >= 4 is 0 Å². The maximum atomic E-state index is 8.51. The first-order valence-corrected chi connectivity index (χ1v) is 2.24. The van der Waals surface area contributed by atoms with Gasteiger partial charge >= 0.3 is 0 Å². The minimum Gasteiger partial charge on any atom is -0.393 e. The lowest BCUT2D eigenvalue weighted by atomic mass is 10.3. The van der Waals surface area contributed by atoms with Crippen molar-refractivity contribution in [2.24, 2.45) is 0 Å². The van der Waals surface area contributed by atoms with Crippen LogP contribution >= 0.6 is 0 Å². The van der Waals surface area contributed by atoms with Gasteiger partial charge in [0.2, 0.25) is 0 Å². The Labute approximate surface area is 38.0 Å². The molecular formula is C4H12NO+. The first kappa shape index (κ1) is 5.92. The molecule has 0 aromatic carbocycles. The molecule has 1 atom stereocenters. The minimum absolute atomic E-state index is 0.164. The molecule has 0 saturated heterocycles. The topological polar surface area (TPSA) is 47.9 Å². The quantitative estimate of drug-likeness (QED) is 0.449. The zero-order valence-corrected chi connectivity index (χ0v) is 4.15. The van der Waals surface area contributed by atoms with Crippen LogP contribution in [-0.4, -0.2) is 17.8 Å². The Balaban J connectivity index is 2.63. The maximum absolute atomic E-state index is 8.51. The highest BCUT2D eigenvalue weighted by molar-refractivity contribution is 4.39. The summed E-state index contributed by atoms with van der Waals surface area (Å²) in [6, 6.07) is 0. The van der Waals surface area contributed by atoms with Crippen LogP contribution in [0.25, 0.3) is 0 Å². The molecule has 0 aromatic rings. The molecule has 0 aliphatic rings. The highest BCUT2D eigenvalue weighted by Gasteiger charge is 1.89. The van der Waals surface area contributed by atoms with Gasteiger partial charge in [0.1, 0.15) is 0 Å². The van der Waals surface area contributed by atoms with E-state index in [1.54, 1.807) is 6.92 Å². The molecule has 0 saturated carbocycles. The Morgan fingerprint density at radius 1 is 1.83 bits per heavy atom. The summed E-state index contributed by atoms with van der Waals surface area (Å²) < 4.78 is 0. The molecule has 0 radical (unpaired) electrons. The van der Waals surface area contributed by atoms with E-state index < -0.39 is 0 Å². The fourth-order valence-corrected chi connectivity index (χ4v) is 0.295. The molecule has 0 aliphatic carbocycles. The van der Waals surface area contributed by atoms with E-state index in [4.69, 9.17) is 5.11 Å². The van der Waals surface area contributed by atoms with E-state index >= 15 is 0 Å². The zero-order chi connectivity index (χ0) is 4.99. The number of hydrogen-bond donors (Lipinski definition) is 2. The zero-order valence-electron chi connectivity index (χ0n) is 4.15. The summed E-state index contributed by atoms with van der Waals surface area (Å²) in [7, 11) is 0. The van der Waals surface area contributed by atoms with Crippen molar-refractivity contribution in [2.75, 3.05) is 6.54 Å². The van der Waals surface area contributed by atoms with Crippen molar-refractivity contribution in [1.29, 1.82) is 0 Å². The second-order valence-corrected chi connectivity index (χ2v) is 1.49. The highest BCUT2D eigenvalue weighted by Crippen LogP contribution is 1.80. The molecule has 38 valence electrons. The van der Waals surface area contributed by atoms with E-state index in [1.807, 2.05) is 0 Å². The van der Waals surface area contributed by atoms with Gasteiger partial charge in [0.15, 0.2) is 0 Å². The Bertz CT molecular complexity index is 28.7. The largest absolute Gasteiger partial charge is 0.393 e. The van der Waals surface area contributed by atoms with E-state index in [0.717, 1.165) is 13.0 Å². The van der Waals surface area contributed by atoms with Gasteiger partial charge < -0.3 is 10.8 Å². The summed E-state index contributed by atoms with van der Waals surface area (Å²) in [6.45, 7) is 2.60. The fourth-order valence-electron chi connectivity index (χ4n) is 0.295. The minimum atomic E-state index is -0.164. The van der Waals surface area contributed by atoms with Gasteiger partial charge in [-0.05, 0) is 6.92 Å². The van der Waals surface area contributed by atoms with Crippen molar-refractivity contribution < 1.29 is 10.8 Å². The van der Waals surface area contributed by atoms with Crippen LogP contribution in [0, 0.1) is 0 Å². The van der Waals surface area contributed by atoms with Crippen LogP contribution in [0.4, 0.5) is 0 Å². The highest BCUT2D eigenvalue weighted by atomic mass is 16.3. The predicted molar refractivity (Wildman–Crippen MR) is 24.1 cm³/mol. The van der Waals surface area contributed by atoms with Crippen LogP contribution < -0.4 is 5.73 Å². The van der Waals surface area contributed by atoms with Gasteiger partial charge in [-0.15, -0.1) is 0 Å². The Morgan fingerprint density at radius 3 is 2.33 bits per heavy atom. The van der Waals surface area contributed by atoms with Crippen LogP contribution in [0.3, 0.4) is 0 Å². The van der Waals surface area contributed by atoms with Crippen molar-refractivity contribution in [1.82, 2.24) is 0 Å². The van der Waals surface area contributed by atoms with Crippen LogP contribution in [-0.2, 0) is 0 Å². The van der Waals surface area contributed by atoms with Gasteiger partial charge in [0.25, 0.3) is 0 Å². The van der Waals surface area contributed by atoms with Crippen molar-refractivity contribution in [2.45, 2.75) is 19.4 Å². The molecule has 0 bridgehead atoms. The Kier molecular flexibility index (Phi) is 3.08. The Morgan fingerprint density at radius 2 is 2.33 bits per heavy atom. The summed E-state index contributed by atoms with van der Waals surface area (Å²) in [4.78, 5) is 0. The number of hydrogen-bond acceptors (Lipinski definition) is 1. The van der Waals surface area contributed by atoms with E-state index in [9.17, 15) is 0 Å². The predicted octanol–water partition coefficient (Wildman–Crippen LogP) is -1.00. The lowest BCUT2D eigenvalue weighted by molar-refractivity contribution is -0.370. The van der Waals surface area contributed by atoms with Gasteiger partial charge in [-0.2, -0.15) is 0 Å². The monoisotopic (exact) mass is 90.1 g/mol. The summed E-state index contributed by atoms with van der Waals surface area (Å²) in [6.07, 6.45) is 0.655. The summed E-state index contributed by atoms with van der Waals surface area (Å²) >= 11 is 0. The smallest absolute Gasteiger partial charge is 0.0764 e. The van der Waals surface area contributed by atoms with Crippen LogP contribution in [0.2, 0.25) is 0 Å². The second-order valence-electron chi connectivity index (χ2n) is 1.49. The molecule has 0 amide bonds. The van der Waals surface area contributed by atoms with Gasteiger partial charge in [0, 0.05) is 6.42 Å². The lowest BCUT2D eigenvalue weighted by Gasteiger charge is -1.93. The van der Waals surface area contributed by atoms with Crippen LogP contribution in [0.1, 0.15) is 13.3 Å². The van der Waals surface area contributed by atoms with Crippen molar-refractivity contribution in [3.05, 3.63) is 0 Å². The van der Waals surface area contributed by atoms with Crippen LogP contribution in [0.5, 0.6) is 0 Å². The first-order valence-electron chi connectivity index (χ1n) is 2.24. The molecule has 6 heavy (non-hydrogen) atoms. The SMILES string of the molecule is C[C@@H](O)CC[NH3+]. The fraction of sp³-hybridized carbons (Fsp3) is 1.00. The summed E-state index contributed by atoms with van der Waals surface area (Å²) in [5.41, 5.74) is 3.57. The molecule has 0 aromatic heterocycles. The summed E-state index contributed by atoms with van der Waals surface area (Å²) in [5, 5.41) is 8.51. The third kappa shape index (κ3) is 3.92. The van der Waals surface area contributed by atoms with Gasteiger partial charge in [-0.1, -0.05) is 0 Å². The van der Waals surface area contributed by atoms with Gasteiger partial charge in [-0.3, -0.25) is 0 Å². The van der Waals surface area contributed by atoms with Crippen LogP contribution in [0.15, 0.2) is 0 Å². The lowest BCUT2D eigenvalue weighted by Crippen LogP contribution is -2.51. The molecule has 0 spiro atoms. The van der Waals surface area contributed by atoms with Crippen molar-refractivity contribution in [3.8, 4) is 0 Å². The first-order chi connectivity index (χ1) is 2.77. The number of aliphatic hydroxyl groups excluding tert-OH is 1. The average molecular weight is 90.1 g/mol. The average Bonchev–Trinajstić information content (AvgIpc) is 1.35. The van der Waals surface area contributed by atoms with E-state index in [-0.39, 0.29) is 6.10 Å². The van der Waals surface area contributed by atoms with Gasteiger partial charge in [0.05, 0.1) is 12.6 Å². The number of rotatable bonds is 2.